The van der Waals surface area contributed by atoms with Gasteiger partial charge in [-0.15, -0.1) is 0 Å². The lowest BCUT2D eigenvalue weighted by molar-refractivity contribution is 0.108. The first-order chi connectivity index (χ1) is 4.75. The highest BCUT2D eigenvalue weighted by atomic mass is 16.3. The van der Waals surface area contributed by atoms with Crippen LogP contribution in [0.15, 0.2) is 0 Å². The van der Waals surface area contributed by atoms with Crippen molar-refractivity contribution in [3.05, 3.63) is 0 Å². The molecule has 1 fully saturated rings. The second kappa shape index (κ2) is 3.38. The average molecular weight is 142 g/mol. The normalized spacial score (nSPS) is 41.7. The monoisotopic (exact) mass is 142 g/mol. The van der Waals surface area contributed by atoms with Gasteiger partial charge in [-0.05, 0) is 24.2 Å². The molecular weight excluding hydrogens is 124 g/mol. The van der Waals surface area contributed by atoms with Crippen molar-refractivity contribution in [2.75, 3.05) is 6.61 Å². The third kappa shape index (κ3) is 1.51. The van der Waals surface area contributed by atoms with Gasteiger partial charge < -0.3 is 5.11 Å². The van der Waals surface area contributed by atoms with Crippen LogP contribution in [0, 0.1) is 17.8 Å². The van der Waals surface area contributed by atoms with E-state index in [4.69, 9.17) is 5.11 Å². The zero-order chi connectivity index (χ0) is 7.56. The van der Waals surface area contributed by atoms with E-state index >= 15 is 0 Å². The highest BCUT2D eigenvalue weighted by Gasteiger charge is 2.25. The van der Waals surface area contributed by atoms with E-state index in [9.17, 15) is 0 Å². The quantitative estimate of drug-likeness (QED) is 0.594. The van der Waals surface area contributed by atoms with Crippen LogP contribution in [0.3, 0.4) is 0 Å². The van der Waals surface area contributed by atoms with Crippen molar-refractivity contribution in [2.24, 2.45) is 17.8 Å². The van der Waals surface area contributed by atoms with Gasteiger partial charge in [-0.25, -0.2) is 0 Å². The smallest absolute Gasteiger partial charge is 0.0461 e. The molecule has 60 valence electrons. The first-order valence-electron chi connectivity index (χ1n) is 4.36. The van der Waals surface area contributed by atoms with E-state index in [2.05, 4.69) is 13.8 Å². The Morgan fingerprint density at radius 3 is 2.50 bits per heavy atom. The van der Waals surface area contributed by atoms with Crippen LogP contribution >= 0.6 is 0 Å². The fraction of sp³-hybridized carbons (Fsp3) is 1.00. The molecule has 0 heterocycles. The predicted molar refractivity (Wildman–Crippen MR) is 42.8 cm³/mol. The Balaban J connectivity index is 2.42. The lowest BCUT2D eigenvalue weighted by Gasteiger charge is -2.32. The van der Waals surface area contributed by atoms with Crippen LogP contribution in [0.2, 0.25) is 0 Å². The molecule has 0 aliphatic heterocycles. The van der Waals surface area contributed by atoms with Crippen LogP contribution in [0.1, 0.15) is 33.1 Å². The van der Waals surface area contributed by atoms with Crippen LogP contribution in [0.5, 0.6) is 0 Å². The molecule has 1 N–H and O–H groups in total. The molecule has 0 spiro atoms. The second-order valence-corrected chi connectivity index (χ2v) is 3.71. The van der Waals surface area contributed by atoms with Crippen molar-refractivity contribution in [1.82, 2.24) is 0 Å². The Labute approximate surface area is 63.4 Å². The van der Waals surface area contributed by atoms with Gasteiger partial charge >= 0.3 is 0 Å². The maximum atomic E-state index is 8.98. The van der Waals surface area contributed by atoms with Crippen LogP contribution in [-0.4, -0.2) is 11.7 Å². The second-order valence-electron chi connectivity index (χ2n) is 3.71. The molecule has 1 nitrogen and oxygen atoms in total. The molecular formula is C9H18O. The minimum absolute atomic E-state index is 0.394. The summed E-state index contributed by atoms with van der Waals surface area (Å²) in [7, 11) is 0. The average Bonchev–Trinajstić information content (AvgIpc) is 1.95. The molecule has 3 unspecified atom stereocenters. The van der Waals surface area contributed by atoms with E-state index in [1.54, 1.807) is 0 Å². The van der Waals surface area contributed by atoms with E-state index < -0.39 is 0 Å². The summed E-state index contributed by atoms with van der Waals surface area (Å²) in [6.07, 6.45) is 3.91. The first kappa shape index (κ1) is 8.06. The van der Waals surface area contributed by atoms with E-state index in [0.29, 0.717) is 12.5 Å². The van der Waals surface area contributed by atoms with E-state index in [1.807, 2.05) is 0 Å². The van der Waals surface area contributed by atoms with Crippen molar-refractivity contribution < 1.29 is 5.11 Å². The first-order valence-corrected chi connectivity index (χ1v) is 4.36. The summed E-state index contributed by atoms with van der Waals surface area (Å²) in [5.74, 6) is 2.15. The summed E-state index contributed by atoms with van der Waals surface area (Å²) in [6, 6.07) is 0. The van der Waals surface area contributed by atoms with Gasteiger partial charge in [0.1, 0.15) is 0 Å². The molecule has 1 heteroatoms. The highest BCUT2D eigenvalue weighted by Crippen LogP contribution is 2.33. The van der Waals surface area contributed by atoms with E-state index in [-0.39, 0.29) is 0 Å². The maximum absolute atomic E-state index is 8.98. The number of rotatable bonds is 1. The van der Waals surface area contributed by atoms with Gasteiger partial charge in [0.2, 0.25) is 0 Å². The van der Waals surface area contributed by atoms with Crippen molar-refractivity contribution in [3.63, 3.8) is 0 Å². The van der Waals surface area contributed by atoms with Crippen LogP contribution in [-0.2, 0) is 0 Å². The van der Waals surface area contributed by atoms with Gasteiger partial charge in [0.25, 0.3) is 0 Å². The van der Waals surface area contributed by atoms with E-state index in [1.165, 1.54) is 19.3 Å². The predicted octanol–water partition coefficient (Wildman–Crippen LogP) is 2.05. The van der Waals surface area contributed by atoms with Gasteiger partial charge in [-0.1, -0.05) is 26.7 Å². The summed E-state index contributed by atoms with van der Waals surface area (Å²) in [4.78, 5) is 0. The summed E-state index contributed by atoms with van der Waals surface area (Å²) >= 11 is 0. The van der Waals surface area contributed by atoms with Crippen LogP contribution in [0.25, 0.3) is 0 Å². The van der Waals surface area contributed by atoms with Gasteiger partial charge in [-0.2, -0.15) is 0 Å². The molecule has 0 aromatic rings. The summed E-state index contributed by atoms with van der Waals surface area (Å²) in [5.41, 5.74) is 0. The highest BCUT2D eigenvalue weighted by molar-refractivity contribution is 4.76. The maximum Gasteiger partial charge on any atom is 0.0461 e. The van der Waals surface area contributed by atoms with Crippen molar-refractivity contribution in [3.8, 4) is 0 Å². The number of hydrogen-bond donors (Lipinski definition) is 1. The molecule has 1 aliphatic rings. The lowest BCUT2D eigenvalue weighted by Crippen LogP contribution is -2.26. The Hall–Kier alpha value is -0.0400. The largest absolute Gasteiger partial charge is 0.396 e. The molecule has 0 radical (unpaired) electrons. The molecule has 0 bridgehead atoms. The molecule has 0 aromatic carbocycles. The minimum atomic E-state index is 0.394. The molecule has 0 amide bonds. The van der Waals surface area contributed by atoms with Crippen LogP contribution < -0.4 is 0 Å². The fourth-order valence-corrected chi connectivity index (χ4v) is 1.95. The minimum Gasteiger partial charge on any atom is -0.396 e. The summed E-state index contributed by atoms with van der Waals surface area (Å²) < 4.78 is 0. The Morgan fingerprint density at radius 2 is 2.00 bits per heavy atom. The zero-order valence-electron chi connectivity index (χ0n) is 7.01. The fourth-order valence-electron chi connectivity index (χ4n) is 1.95. The Kier molecular flexibility index (Phi) is 2.72. The van der Waals surface area contributed by atoms with Gasteiger partial charge in [0, 0.05) is 6.61 Å². The third-order valence-electron chi connectivity index (χ3n) is 3.11. The van der Waals surface area contributed by atoms with E-state index in [0.717, 1.165) is 11.8 Å². The summed E-state index contributed by atoms with van der Waals surface area (Å²) in [5, 5.41) is 8.98. The standard InChI is InChI=1S/C9H18O/c1-7-4-3-5-9(6-10)8(7)2/h7-10H,3-6H2,1-2H3. The lowest BCUT2D eigenvalue weighted by atomic mass is 9.74. The molecule has 10 heavy (non-hydrogen) atoms. The van der Waals surface area contributed by atoms with Crippen LogP contribution in [0.4, 0.5) is 0 Å². The van der Waals surface area contributed by atoms with Crippen molar-refractivity contribution in [1.29, 1.82) is 0 Å². The number of hydrogen-bond acceptors (Lipinski definition) is 1. The zero-order valence-corrected chi connectivity index (χ0v) is 7.01. The number of aliphatic hydroxyl groups is 1. The van der Waals surface area contributed by atoms with Crippen molar-refractivity contribution >= 4 is 0 Å². The van der Waals surface area contributed by atoms with Gasteiger partial charge in [0.15, 0.2) is 0 Å². The van der Waals surface area contributed by atoms with Crippen molar-refractivity contribution in [2.45, 2.75) is 33.1 Å². The van der Waals surface area contributed by atoms with Gasteiger partial charge in [-0.3, -0.25) is 0 Å². The molecule has 0 saturated heterocycles. The molecule has 1 aliphatic carbocycles. The SMILES string of the molecule is CC1CCCC(CO)C1C. The van der Waals surface area contributed by atoms with Gasteiger partial charge in [0.05, 0.1) is 0 Å². The molecule has 0 aromatic heterocycles. The Bertz CT molecular complexity index is 101. The summed E-state index contributed by atoms with van der Waals surface area (Å²) in [6.45, 7) is 4.96. The molecule has 1 rings (SSSR count). The number of aliphatic hydroxyl groups excluding tert-OH is 1. The molecule has 3 atom stereocenters. The topological polar surface area (TPSA) is 20.2 Å². The molecule has 1 saturated carbocycles. The Morgan fingerprint density at radius 1 is 1.30 bits per heavy atom. The third-order valence-corrected chi connectivity index (χ3v) is 3.11.